The Bertz CT molecular complexity index is 548. The maximum atomic E-state index is 11.4. The largest absolute Gasteiger partial charge is 0.497 e. The van der Waals surface area contributed by atoms with E-state index in [-0.39, 0.29) is 23.0 Å². The lowest BCUT2D eigenvalue weighted by Gasteiger charge is -2.42. The highest BCUT2D eigenvalue weighted by atomic mass is 28.4. The van der Waals surface area contributed by atoms with Crippen LogP contribution in [0.4, 0.5) is 0 Å². The Hall–Kier alpha value is -1.17. The average molecular weight is 381 g/mol. The van der Waals surface area contributed by atoms with E-state index in [0.29, 0.717) is 13.2 Å². The number of rotatable bonds is 10. The molecule has 0 aliphatic heterocycles. The van der Waals surface area contributed by atoms with Crippen LogP contribution in [0.1, 0.15) is 40.2 Å². The fourth-order valence-corrected chi connectivity index (χ4v) is 4.00. The second-order valence-electron chi connectivity index (χ2n) is 8.68. The van der Waals surface area contributed by atoms with Crippen molar-refractivity contribution in [3.63, 3.8) is 0 Å². The highest BCUT2D eigenvalue weighted by Gasteiger charge is 2.41. The fraction of sp³-hybridized carbons (Fsp3) is 0.667. The summed E-state index contributed by atoms with van der Waals surface area (Å²) >= 11 is 0. The molecule has 0 radical (unpaired) electrons. The Kier molecular flexibility index (Phi) is 8.51. The number of benzene rings is 1. The molecule has 26 heavy (non-hydrogen) atoms. The van der Waals surface area contributed by atoms with Gasteiger partial charge in [0.1, 0.15) is 12.0 Å². The molecule has 0 saturated heterocycles. The van der Waals surface area contributed by atoms with Crippen LogP contribution in [0.15, 0.2) is 24.3 Å². The zero-order valence-electron chi connectivity index (χ0n) is 17.7. The van der Waals surface area contributed by atoms with E-state index in [4.69, 9.17) is 13.9 Å². The molecule has 0 aliphatic carbocycles. The summed E-state index contributed by atoms with van der Waals surface area (Å²) in [6.45, 7) is 16.2. The third kappa shape index (κ3) is 6.52. The minimum Gasteiger partial charge on any atom is -0.497 e. The maximum Gasteiger partial charge on any atom is 0.192 e. The van der Waals surface area contributed by atoms with Crippen molar-refractivity contribution in [3.8, 4) is 5.75 Å². The van der Waals surface area contributed by atoms with Crippen molar-refractivity contribution >= 4 is 14.6 Å². The van der Waals surface area contributed by atoms with Crippen molar-refractivity contribution in [1.29, 1.82) is 0 Å². The zero-order valence-corrected chi connectivity index (χ0v) is 18.7. The third-order valence-electron chi connectivity index (χ3n) is 5.34. The number of methoxy groups -OCH3 is 1. The molecule has 0 aliphatic rings. The highest BCUT2D eigenvalue weighted by molar-refractivity contribution is 6.74. The van der Waals surface area contributed by atoms with Gasteiger partial charge >= 0.3 is 0 Å². The number of carbonyl (C=O) groups excluding carboxylic acids is 1. The molecule has 0 aromatic heterocycles. The van der Waals surface area contributed by atoms with Crippen LogP contribution < -0.4 is 4.74 Å². The number of carbonyl (C=O) groups is 1. The first kappa shape index (κ1) is 22.9. The molecule has 148 valence electrons. The van der Waals surface area contributed by atoms with Crippen molar-refractivity contribution in [2.75, 3.05) is 13.7 Å². The van der Waals surface area contributed by atoms with Gasteiger partial charge in [0.15, 0.2) is 8.32 Å². The summed E-state index contributed by atoms with van der Waals surface area (Å²) < 4.78 is 17.6. The van der Waals surface area contributed by atoms with Gasteiger partial charge in [-0.1, -0.05) is 46.8 Å². The zero-order chi connectivity index (χ0) is 20.0. The van der Waals surface area contributed by atoms with Crippen LogP contribution in [0.5, 0.6) is 5.75 Å². The molecule has 1 rings (SSSR count). The van der Waals surface area contributed by atoms with Gasteiger partial charge in [-0.05, 0) is 35.8 Å². The third-order valence-corrected chi connectivity index (χ3v) is 9.81. The molecule has 4 nitrogen and oxygen atoms in total. The molecule has 0 amide bonds. The summed E-state index contributed by atoms with van der Waals surface area (Å²) in [5, 5.41) is 0.109. The lowest BCUT2D eigenvalue weighted by molar-refractivity contribution is -0.114. The minimum absolute atomic E-state index is 0.109. The topological polar surface area (TPSA) is 44.8 Å². The smallest absolute Gasteiger partial charge is 0.192 e. The number of aldehydes is 1. The summed E-state index contributed by atoms with van der Waals surface area (Å²) in [7, 11) is -0.295. The average Bonchev–Trinajstić information content (AvgIpc) is 2.58. The van der Waals surface area contributed by atoms with E-state index in [2.05, 4.69) is 40.8 Å². The quantitative estimate of drug-likeness (QED) is 0.420. The van der Waals surface area contributed by atoms with Crippen molar-refractivity contribution in [1.82, 2.24) is 0 Å². The minimum atomic E-state index is -1.95. The van der Waals surface area contributed by atoms with E-state index in [1.165, 1.54) is 0 Å². The van der Waals surface area contributed by atoms with E-state index >= 15 is 0 Å². The standard InChI is InChI=1S/C21H36O4Si/c1-16(13-22)20(25-26(7,8)21(3,4)5)17(2)14-24-15-18-9-11-19(23-6)12-10-18/h9-13,16-17,20H,14-15H2,1-8H3/t16-,17-,20+/m1/s1. The monoisotopic (exact) mass is 380 g/mol. The molecule has 0 fully saturated rings. The van der Waals surface area contributed by atoms with Crippen molar-refractivity contribution in [3.05, 3.63) is 29.8 Å². The van der Waals surface area contributed by atoms with Gasteiger partial charge in [0.05, 0.1) is 26.4 Å². The molecular weight excluding hydrogens is 344 g/mol. The van der Waals surface area contributed by atoms with Crippen LogP contribution in [-0.4, -0.2) is 34.4 Å². The van der Waals surface area contributed by atoms with Gasteiger partial charge in [0, 0.05) is 11.8 Å². The van der Waals surface area contributed by atoms with Gasteiger partial charge in [0.25, 0.3) is 0 Å². The summed E-state index contributed by atoms with van der Waals surface area (Å²) in [5.74, 6) is 0.830. The predicted octanol–water partition coefficient (Wildman–Crippen LogP) is 5.07. The molecule has 0 bridgehead atoms. The highest BCUT2D eigenvalue weighted by Crippen LogP contribution is 2.39. The van der Waals surface area contributed by atoms with Crippen molar-refractivity contribution in [2.45, 2.75) is 65.5 Å². The second-order valence-corrected chi connectivity index (χ2v) is 13.4. The van der Waals surface area contributed by atoms with E-state index in [1.807, 2.05) is 31.2 Å². The molecule has 0 N–H and O–H groups in total. The van der Waals surface area contributed by atoms with Gasteiger partial charge in [0.2, 0.25) is 0 Å². The molecule has 1 aromatic carbocycles. The maximum absolute atomic E-state index is 11.4. The second kappa shape index (κ2) is 9.67. The first-order valence-corrected chi connectivity index (χ1v) is 12.3. The molecule has 0 saturated carbocycles. The molecule has 3 atom stereocenters. The van der Waals surface area contributed by atoms with Crippen molar-refractivity contribution < 1.29 is 18.7 Å². The van der Waals surface area contributed by atoms with Gasteiger partial charge < -0.3 is 18.7 Å². The van der Waals surface area contributed by atoms with E-state index < -0.39 is 8.32 Å². The van der Waals surface area contributed by atoms with Crippen LogP contribution in [-0.2, 0) is 20.6 Å². The van der Waals surface area contributed by atoms with Gasteiger partial charge in [-0.2, -0.15) is 0 Å². The van der Waals surface area contributed by atoms with E-state index in [9.17, 15) is 4.79 Å². The lowest BCUT2D eigenvalue weighted by Crippen LogP contribution is -2.48. The molecule has 0 spiro atoms. The Morgan fingerprint density at radius 3 is 2.15 bits per heavy atom. The summed E-state index contributed by atoms with van der Waals surface area (Å²) in [6.07, 6.45) is 0.877. The van der Waals surface area contributed by atoms with Gasteiger partial charge in [-0.15, -0.1) is 0 Å². The van der Waals surface area contributed by atoms with Crippen LogP contribution in [0.3, 0.4) is 0 Å². The summed E-state index contributed by atoms with van der Waals surface area (Å²) in [4.78, 5) is 11.4. The molecule has 0 unspecified atom stereocenters. The first-order chi connectivity index (χ1) is 12.0. The molecule has 1 aromatic rings. The van der Waals surface area contributed by atoms with Crippen LogP contribution in [0.2, 0.25) is 18.1 Å². The normalized spacial score (nSPS) is 16.0. The number of ether oxygens (including phenoxy) is 2. The Morgan fingerprint density at radius 1 is 1.12 bits per heavy atom. The van der Waals surface area contributed by atoms with E-state index in [1.54, 1.807) is 7.11 Å². The summed E-state index contributed by atoms with van der Waals surface area (Å²) in [5.41, 5.74) is 1.10. The van der Waals surface area contributed by atoms with E-state index in [0.717, 1.165) is 17.6 Å². The molecular formula is C21H36O4Si. The van der Waals surface area contributed by atoms with Gasteiger partial charge in [-0.3, -0.25) is 0 Å². The Labute approximate surface area is 160 Å². The van der Waals surface area contributed by atoms with Gasteiger partial charge in [-0.25, -0.2) is 0 Å². The number of hydrogen-bond donors (Lipinski definition) is 0. The summed E-state index contributed by atoms with van der Waals surface area (Å²) in [6, 6.07) is 7.86. The molecule has 5 heteroatoms. The predicted molar refractivity (Wildman–Crippen MR) is 109 cm³/mol. The lowest BCUT2D eigenvalue weighted by atomic mass is 9.95. The molecule has 0 heterocycles. The Balaban J connectivity index is 2.68. The Morgan fingerprint density at radius 2 is 1.69 bits per heavy atom. The first-order valence-electron chi connectivity index (χ1n) is 9.35. The van der Waals surface area contributed by atoms with Crippen molar-refractivity contribution in [2.24, 2.45) is 11.8 Å². The number of hydrogen-bond acceptors (Lipinski definition) is 4. The van der Waals surface area contributed by atoms with Crippen LogP contribution in [0.25, 0.3) is 0 Å². The van der Waals surface area contributed by atoms with Crippen LogP contribution >= 0.6 is 0 Å². The fourth-order valence-electron chi connectivity index (χ4n) is 2.52. The van der Waals surface area contributed by atoms with Crippen LogP contribution in [0, 0.1) is 11.8 Å². The SMILES string of the molecule is COc1ccc(COC[C@@H](C)[C@@H](O[Si](C)(C)C(C)(C)C)[C@H](C)C=O)cc1.